The third kappa shape index (κ3) is 5.74. The molecule has 0 amide bonds. The molecule has 0 aliphatic heterocycles. The summed E-state index contributed by atoms with van der Waals surface area (Å²) in [6, 6.07) is 19.7. The highest BCUT2D eigenvalue weighted by atomic mass is 35.5. The summed E-state index contributed by atoms with van der Waals surface area (Å²) in [4.78, 5) is 4.43. The quantitative estimate of drug-likeness (QED) is 0.494. The van der Waals surface area contributed by atoms with Gasteiger partial charge in [-0.05, 0) is 55.5 Å². The Morgan fingerprint density at radius 3 is 2.36 bits per heavy atom. The average molecular weight is 439 g/mol. The van der Waals surface area contributed by atoms with E-state index in [9.17, 15) is 0 Å². The van der Waals surface area contributed by atoms with Crippen LogP contribution in [0.5, 0.6) is 0 Å². The topological polar surface area (TPSA) is 37.0 Å². The fourth-order valence-corrected chi connectivity index (χ4v) is 3.93. The number of fused-ring (bicyclic) bond motifs is 1. The molecule has 0 unspecified atom stereocenters. The smallest absolute Gasteiger partial charge is 0.0737 e. The van der Waals surface area contributed by atoms with Crippen LogP contribution in [0.2, 0.25) is 5.02 Å². The molecule has 150 valence electrons. The predicted octanol–water partition coefficient (Wildman–Crippen LogP) is 6.24. The van der Waals surface area contributed by atoms with E-state index in [-0.39, 0.29) is 24.8 Å². The van der Waals surface area contributed by atoms with Gasteiger partial charge in [0.25, 0.3) is 0 Å². The molecule has 3 nitrogen and oxygen atoms in total. The largest absolute Gasteiger partial charge is 0.382 e. The maximum Gasteiger partial charge on any atom is 0.0737 e. The monoisotopic (exact) mass is 437 g/mol. The Balaban J connectivity index is 0.00000140. The summed E-state index contributed by atoms with van der Waals surface area (Å²) in [6.07, 6.45) is 6.64. The van der Waals surface area contributed by atoms with Crippen LogP contribution >= 0.6 is 36.4 Å². The summed E-state index contributed by atoms with van der Waals surface area (Å²) in [5.41, 5.74) is 3.46. The van der Waals surface area contributed by atoms with E-state index < -0.39 is 0 Å². The summed E-state index contributed by atoms with van der Waals surface area (Å²) in [7, 11) is 0. The minimum atomic E-state index is 0. The zero-order valence-electron chi connectivity index (χ0n) is 15.6. The van der Waals surface area contributed by atoms with Gasteiger partial charge in [-0.3, -0.25) is 4.98 Å². The molecule has 1 fully saturated rings. The maximum atomic E-state index is 6.09. The third-order valence-corrected chi connectivity index (χ3v) is 5.46. The number of benzene rings is 2. The number of nitrogens with zero attached hydrogens (tertiary/aromatic N) is 1. The number of halogens is 3. The average Bonchev–Trinajstić information content (AvgIpc) is 2.68. The van der Waals surface area contributed by atoms with Crippen LogP contribution in [0.1, 0.15) is 31.2 Å². The van der Waals surface area contributed by atoms with Gasteiger partial charge in [-0.25, -0.2) is 0 Å². The van der Waals surface area contributed by atoms with E-state index in [0.717, 1.165) is 28.2 Å². The first kappa shape index (κ1) is 22.8. The van der Waals surface area contributed by atoms with Crippen molar-refractivity contribution in [3.8, 4) is 0 Å². The third-order valence-electron chi connectivity index (χ3n) is 5.23. The molecular formula is C22H26Cl3N3. The summed E-state index contributed by atoms with van der Waals surface area (Å²) < 4.78 is 0. The predicted molar refractivity (Wildman–Crippen MR) is 124 cm³/mol. The highest BCUT2D eigenvalue weighted by Crippen LogP contribution is 2.28. The van der Waals surface area contributed by atoms with Crippen molar-refractivity contribution in [1.29, 1.82) is 0 Å². The van der Waals surface area contributed by atoms with Crippen LogP contribution in [0.3, 0.4) is 0 Å². The van der Waals surface area contributed by atoms with Crippen LogP contribution < -0.4 is 10.6 Å². The second-order valence-electron chi connectivity index (χ2n) is 7.08. The number of aromatic nitrogens is 1. The minimum Gasteiger partial charge on any atom is -0.382 e. The summed E-state index contributed by atoms with van der Waals surface area (Å²) in [5.74, 6) is 0. The van der Waals surface area contributed by atoms with Crippen LogP contribution in [-0.2, 0) is 6.54 Å². The minimum absolute atomic E-state index is 0. The molecule has 28 heavy (non-hydrogen) atoms. The SMILES string of the molecule is Cl.Cl.Clc1ccc2c(N[C@H]3CC[C@@H](NCc4ccccc4)CC3)ccnc2c1. The van der Waals surface area contributed by atoms with Gasteiger partial charge in [0.2, 0.25) is 0 Å². The number of hydrogen-bond acceptors (Lipinski definition) is 3. The first-order valence-corrected chi connectivity index (χ1v) is 9.74. The standard InChI is InChI=1S/C22H24ClN3.2ClH/c23-17-6-11-20-21(12-13-24-22(20)14-17)26-19-9-7-18(8-10-19)25-15-16-4-2-1-3-5-16;;/h1-6,11-14,18-19,25H,7-10,15H2,(H,24,26);2*1H/t18-,19+;;. The fourth-order valence-electron chi connectivity index (χ4n) is 3.77. The van der Waals surface area contributed by atoms with Gasteiger partial charge in [0.15, 0.2) is 0 Å². The van der Waals surface area contributed by atoms with E-state index in [2.05, 4.69) is 58.1 Å². The number of pyridine rings is 1. The van der Waals surface area contributed by atoms with E-state index in [1.807, 2.05) is 18.3 Å². The van der Waals surface area contributed by atoms with E-state index in [1.165, 1.54) is 31.2 Å². The van der Waals surface area contributed by atoms with E-state index in [1.54, 1.807) is 0 Å². The van der Waals surface area contributed by atoms with E-state index in [0.29, 0.717) is 12.1 Å². The van der Waals surface area contributed by atoms with Gasteiger partial charge >= 0.3 is 0 Å². The molecule has 1 aromatic heterocycles. The highest BCUT2D eigenvalue weighted by Gasteiger charge is 2.21. The lowest BCUT2D eigenvalue weighted by atomic mass is 9.90. The van der Waals surface area contributed by atoms with Crippen molar-refractivity contribution in [2.45, 2.75) is 44.3 Å². The zero-order chi connectivity index (χ0) is 17.8. The molecule has 0 atom stereocenters. The van der Waals surface area contributed by atoms with Gasteiger partial charge in [-0.1, -0.05) is 41.9 Å². The molecule has 0 spiro atoms. The summed E-state index contributed by atoms with van der Waals surface area (Å²) in [6.45, 7) is 0.958. The molecule has 1 heterocycles. The van der Waals surface area contributed by atoms with Crippen LogP contribution in [0.25, 0.3) is 10.9 Å². The molecule has 1 saturated carbocycles. The van der Waals surface area contributed by atoms with E-state index in [4.69, 9.17) is 11.6 Å². The first-order chi connectivity index (χ1) is 12.8. The van der Waals surface area contributed by atoms with Crippen LogP contribution in [-0.4, -0.2) is 17.1 Å². The molecule has 1 aliphatic carbocycles. The van der Waals surface area contributed by atoms with Gasteiger partial charge < -0.3 is 10.6 Å². The second kappa shape index (κ2) is 10.9. The van der Waals surface area contributed by atoms with Crippen molar-refractivity contribution in [2.75, 3.05) is 5.32 Å². The number of rotatable bonds is 5. The van der Waals surface area contributed by atoms with Crippen molar-refractivity contribution in [2.24, 2.45) is 0 Å². The second-order valence-corrected chi connectivity index (χ2v) is 7.52. The lowest BCUT2D eigenvalue weighted by Crippen LogP contribution is -2.36. The van der Waals surface area contributed by atoms with Crippen molar-refractivity contribution in [3.63, 3.8) is 0 Å². The zero-order valence-corrected chi connectivity index (χ0v) is 18.0. The molecule has 0 radical (unpaired) electrons. The first-order valence-electron chi connectivity index (χ1n) is 9.36. The molecule has 2 aromatic carbocycles. The Morgan fingerprint density at radius 1 is 0.893 bits per heavy atom. The van der Waals surface area contributed by atoms with Crippen molar-refractivity contribution >= 4 is 53.0 Å². The molecule has 0 bridgehead atoms. The molecule has 6 heteroatoms. The Hall–Kier alpha value is -1.52. The lowest BCUT2D eigenvalue weighted by Gasteiger charge is -2.30. The van der Waals surface area contributed by atoms with Crippen molar-refractivity contribution in [3.05, 3.63) is 71.4 Å². The Labute approximate surface area is 184 Å². The van der Waals surface area contributed by atoms with Gasteiger partial charge in [0, 0.05) is 40.9 Å². The highest BCUT2D eigenvalue weighted by molar-refractivity contribution is 6.31. The van der Waals surface area contributed by atoms with Crippen molar-refractivity contribution < 1.29 is 0 Å². The number of hydrogen-bond donors (Lipinski definition) is 2. The van der Waals surface area contributed by atoms with Gasteiger partial charge in [-0.15, -0.1) is 24.8 Å². The lowest BCUT2D eigenvalue weighted by molar-refractivity contribution is 0.353. The number of nitrogens with one attached hydrogen (secondary N) is 2. The number of anilines is 1. The summed E-state index contributed by atoms with van der Waals surface area (Å²) >= 11 is 6.09. The molecule has 0 saturated heterocycles. The Kier molecular flexibility index (Phi) is 8.84. The molecule has 1 aliphatic rings. The van der Waals surface area contributed by atoms with Gasteiger partial charge in [-0.2, -0.15) is 0 Å². The van der Waals surface area contributed by atoms with Gasteiger partial charge in [0.05, 0.1) is 5.52 Å². The van der Waals surface area contributed by atoms with E-state index >= 15 is 0 Å². The molecule has 2 N–H and O–H groups in total. The van der Waals surface area contributed by atoms with Crippen LogP contribution in [0, 0.1) is 0 Å². The Morgan fingerprint density at radius 2 is 1.61 bits per heavy atom. The normalized spacial score (nSPS) is 18.8. The molecular weight excluding hydrogens is 413 g/mol. The van der Waals surface area contributed by atoms with Gasteiger partial charge in [0.1, 0.15) is 0 Å². The van der Waals surface area contributed by atoms with Crippen molar-refractivity contribution in [1.82, 2.24) is 10.3 Å². The summed E-state index contributed by atoms with van der Waals surface area (Å²) in [5, 5.41) is 9.30. The Bertz CT molecular complexity index is 865. The molecule has 4 rings (SSSR count). The maximum absolute atomic E-state index is 6.09. The van der Waals surface area contributed by atoms with Crippen LogP contribution in [0.15, 0.2) is 60.8 Å². The fraction of sp³-hybridized carbons (Fsp3) is 0.318. The molecule has 3 aromatic rings. The van der Waals surface area contributed by atoms with Crippen LogP contribution in [0.4, 0.5) is 5.69 Å².